The number of ether oxygens (including phenoxy) is 1. The van der Waals surface area contributed by atoms with Crippen LogP contribution in [-0.2, 0) is 16.1 Å². The number of hydrogen-bond donors (Lipinski definition) is 1. The second kappa shape index (κ2) is 6.04. The highest BCUT2D eigenvalue weighted by atomic mass is 19.4. The van der Waals surface area contributed by atoms with Crippen LogP contribution in [0.5, 0.6) is 0 Å². The van der Waals surface area contributed by atoms with Crippen LogP contribution in [0.2, 0.25) is 0 Å². The quantitative estimate of drug-likeness (QED) is 0.844. The van der Waals surface area contributed by atoms with E-state index >= 15 is 0 Å². The first-order valence-electron chi connectivity index (χ1n) is 4.92. The smallest absolute Gasteiger partial charge is 0.415 e. The molecule has 1 amide bonds. The van der Waals surface area contributed by atoms with Crippen molar-refractivity contribution in [3.8, 4) is 0 Å². The number of alkyl carbamates (subject to hydrolysis) is 1. The van der Waals surface area contributed by atoms with E-state index in [0.717, 1.165) is 0 Å². The molecule has 0 aromatic heterocycles. The fraction of sp³-hybridized carbons (Fsp3) is 0.273. The Hall–Kier alpha value is -2.05. The average Bonchev–Trinajstić information content (AvgIpc) is 2.33. The molecule has 0 aliphatic rings. The third-order valence-corrected chi connectivity index (χ3v) is 1.97. The lowest BCUT2D eigenvalue weighted by Crippen LogP contribution is -2.46. The first kappa shape index (κ1) is 14.0. The fourth-order valence-electron chi connectivity index (χ4n) is 1.08. The van der Waals surface area contributed by atoms with Crippen molar-refractivity contribution >= 4 is 12.4 Å². The third kappa shape index (κ3) is 4.44. The number of amides is 1. The topological polar surface area (TPSA) is 55.4 Å². The van der Waals surface area contributed by atoms with Crippen LogP contribution < -0.4 is 5.32 Å². The normalized spacial score (nSPS) is 12.6. The largest absolute Gasteiger partial charge is 0.445 e. The fourth-order valence-corrected chi connectivity index (χ4v) is 1.08. The molecule has 98 valence electrons. The Morgan fingerprint density at radius 1 is 1.33 bits per heavy atom. The van der Waals surface area contributed by atoms with E-state index in [2.05, 4.69) is 4.74 Å². The van der Waals surface area contributed by atoms with Gasteiger partial charge in [0.05, 0.1) is 0 Å². The minimum atomic E-state index is -4.83. The van der Waals surface area contributed by atoms with E-state index in [0.29, 0.717) is 5.56 Å². The number of rotatable bonds is 4. The standard InChI is InChI=1S/C11H10F3NO3/c12-11(13,14)9(6-16)15-10(17)18-7-8-4-2-1-3-5-8/h1-6,9H,7H2,(H,15,17). The molecule has 0 saturated heterocycles. The Labute approximate surface area is 101 Å². The van der Waals surface area contributed by atoms with Crippen molar-refractivity contribution in [1.82, 2.24) is 5.32 Å². The van der Waals surface area contributed by atoms with Gasteiger partial charge in [0.15, 0.2) is 12.3 Å². The molecule has 1 N–H and O–H groups in total. The summed E-state index contributed by atoms with van der Waals surface area (Å²) in [5, 5.41) is 1.42. The maximum Gasteiger partial charge on any atom is 0.415 e. The highest BCUT2D eigenvalue weighted by Crippen LogP contribution is 2.18. The molecule has 1 atom stereocenters. The van der Waals surface area contributed by atoms with Gasteiger partial charge in [-0.1, -0.05) is 30.3 Å². The SMILES string of the molecule is O=CC(NC(=O)OCc1ccccc1)C(F)(F)F. The van der Waals surface area contributed by atoms with Crippen LogP contribution in [0.4, 0.5) is 18.0 Å². The van der Waals surface area contributed by atoms with Gasteiger partial charge in [-0.3, -0.25) is 0 Å². The minimum Gasteiger partial charge on any atom is -0.445 e. The molecular weight excluding hydrogens is 251 g/mol. The summed E-state index contributed by atoms with van der Waals surface area (Å²) < 4.78 is 41.0. The first-order valence-corrected chi connectivity index (χ1v) is 4.92. The number of hydrogen-bond acceptors (Lipinski definition) is 3. The van der Waals surface area contributed by atoms with E-state index in [4.69, 9.17) is 0 Å². The molecule has 7 heteroatoms. The number of aldehydes is 1. The first-order chi connectivity index (χ1) is 8.43. The molecule has 0 aliphatic heterocycles. The van der Waals surface area contributed by atoms with E-state index in [-0.39, 0.29) is 6.61 Å². The number of halogens is 3. The molecule has 18 heavy (non-hydrogen) atoms. The maximum atomic E-state index is 12.1. The van der Waals surface area contributed by atoms with Crippen LogP contribution in [0.3, 0.4) is 0 Å². The summed E-state index contributed by atoms with van der Waals surface area (Å²) >= 11 is 0. The van der Waals surface area contributed by atoms with Gasteiger partial charge in [-0.2, -0.15) is 13.2 Å². The van der Waals surface area contributed by atoms with Crippen LogP contribution in [0, 0.1) is 0 Å². The molecule has 0 saturated carbocycles. The van der Waals surface area contributed by atoms with Gasteiger partial charge in [0.2, 0.25) is 0 Å². The van der Waals surface area contributed by atoms with Crippen molar-refractivity contribution in [2.45, 2.75) is 18.8 Å². The van der Waals surface area contributed by atoms with Gasteiger partial charge < -0.3 is 14.8 Å². The van der Waals surface area contributed by atoms with Gasteiger partial charge in [-0.15, -0.1) is 0 Å². The Morgan fingerprint density at radius 3 is 2.44 bits per heavy atom. The number of carbonyl (C=O) groups is 2. The highest BCUT2D eigenvalue weighted by molar-refractivity contribution is 5.73. The molecule has 1 aromatic carbocycles. The zero-order valence-electron chi connectivity index (χ0n) is 9.11. The van der Waals surface area contributed by atoms with Gasteiger partial charge in [0.25, 0.3) is 0 Å². The van der Waals surface area contributed by atoms with Gasteiger partial charge >= 0.3 is 12.3 Å². The zero-order chi connectivity index (χ0) is 13.6. The van der Waals surface area contributed by atoms with Crippen molar-refractivity contribution < 1.29 is 27.5 Å². The summed E-state index contributed by atoms with van der Waals surface area (Å²) in [5.74, 6) is 0. The van der Waals surface area contributed by atoms with Gasteiger partial charge in [-0.05, 0) is 5.56 Å². The summed E-state index contributed by atoms with van der Waals surface area (Å²) in [4.78, 5) is 21.2. The molecule has 1 rings (SSSR count). The van der Waals surface area contributed by atoms with Crippen LogP contribution in [0.1, 0.15) is 5.56 Å². The van der Waals surface area contributed by atoms with E-state index in [9.17, 15) is 22.8 Å². The zero-order valence-corrected chi connectivity index (χ0v) is 9.11. The summed E-state index contributed by atoms with van der Waals surface area (Å²) in [6.45, 7) is -0.171. The summed E-state index contributed by atoms with van der Waals surface area (Å²) in [6.07, 6.45) is -6.52. The lowest BCUT2D eigenvalue weighted by molar-refractivity contribution is -0.158. The molecule has 0 heterocycles. The van der Waals surface area contributed by atoms with Gasteiger partial charge in [0, 0.05) is 0 Å². The van der Waals surface area contributed by atoms with Crippen molar-refractivity contribution in [1.29, 1.82) is 0 Å². The van der Waals surface area contributed by atoms with Crippen molar-refractivity contribution in [3.05, 3.63) is 35.9 Å². The van der Waals surface area contributed by atoms with Crippen LogP contribution in [0.25, 0.3) is 0 Å². The van der Waals surface area contributed by atoms with Crippen LogP contribution in [0.15, 0.2) is 30.3 Å². The molecular formula is C11H10F3NO3. The molecule has 0 radical (unpaired) electrons. The van der Waals surface area contributed by atoms with Gasteiger partial charge in [0.1, 0.15) is 6.61 Å². The van der Waals surface area contributed by atoms with E-state index in [1.165, 1.54) is 5.32 Å². The van der Waals surface area contributed by atoms with Crippen molar-refractivity contribution in [2.24, 2.45) is 0 Å². The Kier molecular flexibility index (Phi) is 4.70. The summed E-state index contributed by atoms with van der Waals surface area (Å²) in [5.41, 5.74) is 0.627. The van der Waals surface area contributed by atoms with Crippen molar-refractivity contribution in [3.63, 3.8) is 0 Å². The number of alkyl halides is 3. The summed E-state index contributed by atoms with van der Waals surface area (Å²) in [7, 11) is 0. The Balaban J connectivity index is 2.45. The predicted molar refractivity (Wildman–Crippen MR) is 55.7 cm³/mol. The molecule has 0 bridgehead atoms. The van der Waals surface area contributed by atoms with E-state index < -0.39 is 24.6 Å². The maximum absolute atomic E-state index is 12.1. The van der Waals surface area contributed by atoms with Crippen LogP contribution in [-0.4, -0.2) is 24.6 Å². The minimum absolute atomic E-state index is 0.171. The molecule has 0 aliphatic carbocycles. The lowest BCUT2D eigenvalue weighted by atomic mass is 10.2. The van der Waals surface area contributed by atoms with Crippen molar-refractivity contribution in [2.75, 3.05) is 0 Å². The number of carbonyl (C=O) groups excluding carboxylic acids is 2. The molecule has 1 aromatic rings. The van der Waals surface area contributed by atoms with Crippen LogP contribution >= 0.6 is 0 Å². The third-order valence-electron chi connectivity index (χ3n) is 1.97. The Bertz CT molecular complexity index is 406. The van der Waals surface area contributed by atoms with E-state index in [1.807, 2.05) is 0 Å². The second-order valence-corrected chi connectivity index (χ2v) is 3.36. The monoisotopic (exact) mass is 261 g/mol. The Morgan fingerprint density at radius 2 is 1.94 bits per heavy atom. The number of benzene rings is 1. The molecule has 0 fully saturated rings. The summed E-state index contributed by atoms with van der Waals surface area (Å²) in [6, 6.07) is 5.87. The lowest BCUT2D eigenvalue weighted by Gasteiger charge is -2.15. The van der Waals surface area contributed by atoms with Gasteiger partial charge in [-0.25, -0.2) is 4.79 Å². The molecule has 4 nitrogen and oxygen atoms in total. The highest BCUT2D eigenvalue weighted by Gasteiger charge is 2.41. The predicted octanol–water partition coefficient (Wildman–Crippen LogP) is 2.04. The molecule has 1 unspecified atom stereocenters. The molecule has 0 spiro atoms. The van der Waals surface area contributed by atoms with E-state index in [1.54, 1.807) is 30.3 Å². The second-order valence-electron chi connectivity index (χ2n) is 3.36. The average molecular weight is 261 g/mol. The number of nitrogens with one attached hydrogen (secondary N) is 1.